The number of carbonyl (C=O) groups is 1. The van der Waals surface area contributed by atoms with E-state index in [0.29, 0.717) is 11.1 Å². The lowest BCUT2D eigenvalue weighted by molar-refractivity contribution is 0.0945. The SMILES string of the molecule is O=C(NCc1nc(-c2ccc[nH]c2=O)no1)c1ccoc1. The summed E-state index contributed by atoms with van der Waals surface area (Å²) in [5, 5.41) is 6.31. The average molecular weight is 286 g/mol. The van der Waals surface area contributed by atoms with Crippen LogP contribution < -0.4 is 10.9 Å². The van der Waals surface area contributed by atoms with Crippen molar-refractivity contribution in [1.29, 1.82) is 0 Å². The Labute approximate surface area is 117 Å². The van der Waals surface area contributed by atoms with Crippen LogP contribution in [0.2, 0.25) is 0 Å². The second kappa shape index (κ2) is 5.45. The third-order valence-electron chi connectivity index (χ3n) is 2.71. The lowest BCUT2D eigenvalue weighted by atomic mass is 10.3. The van der Waals surface area contributed by atoms with Gasteiger partial charge in [0.15, 0.2) is 0 Å². The molecule has 0 bridgehead atoms. The summed E-state index contributed by atoms with van der Waals surface area (Å²) in [5.41, 5.74) is 0.384. The third-order valence-corrected chi connectivity index (χ3v) is 2.71. The molecular weight excluding hydrogens is 276 g/mol. The number of aromatic nitrogens is 3. The van der Waals surface area contributed by atoms with E-state index in [1.54, 1.807) is 12.1 Å². The highest BCUT2D eigenvalue weighted by atomic mass is 16.5. The number of amides is 1. The number of hydrogen-bond donors (Lipinski definition) is 2. The molecule has 21 heavy (non-hydrogen) atoms. The van der Waals surface area contributed by atoms with Crippen LogP contribution >= 0.6 is 0 Å². The van der Waals surface area contributed by atoms with Crippen LogP contribution in [0.1, 0.15) is 16.2 Å². The Hall–Kier alpha value is -3.16. The van der Waals surface area contributed by atoms with Crippen molar-refractivity contribution < 1.29 is 13.7 Å². The van der Waals surface area contributed by atoms with Crippen LogP contribution in [0.25, 0.3) is 11.4 Å². The van der Waals surface area contributed by atoms with Crippen LogP contribution in [0, 0.1) is 0 Å². The summed E-state index contributed by atoms with van der Waals surface area (Å²) in [7, 11) is 0. The van der Waals surface area contributed by atoms with E-state index in [0.717, 1.165) is 0 Å². The maximum absolute atomic E-state index is 11.7. The van der Waals surface area contributed by atoms with Crippen molar-refractivity contribution in [2.75, 3.05) is 0 Å². The Bertz CT molecular complexity index is 803. The van der Waals surface area contributed by atoms with Gasteiger partial charge in [0.2, 0.25) is 11.7 Å². The van der Waals surface area contributed by atoms with Gasteiger partial charge in [-0.3, -0.25) is 9.59 Å². The first kappa shape index (κ1) is 12.9. The molecule has 0 atom stereocenters. The summed E-state index contributed by atoms with van der Waals surface area (Å²) in [6.07, 6.45) is 4.25. The largest absolute Gasteiger partial charge is 0.472 e. The molecule has 0 saturated carbocycles. The van der Waals surface area contributed by atoms with Crippen LogP contribution in [-0.4, -0.2) is 21.0 Å². The first-order valence-corrected chi connectivity index (χ1v) is 6.05. The van der Waals surface area contributed by atoms with E-state index < -0.39 is 0 Å². The number of hydrogen-bond acceptors (Lipinski definition) is 6. The first-order chi connectivity index (χ1) is 10.2. The number of nitrogens with zero attached hydrogens (tertiary/aromatic N) is 2. The zero-order valence-electron chi connectivity index (χ0n) is 10.7. The molecule has 0 unspecified atom stereocenters. The number of pyridine rings is 1. The standard InChI is InChI=1S/C13H10N4O4/c18-12(8-3-5-20-7-8)15-6-10-16-11(17-21-10)9-2-1-4-14-13(9)19/h1-5,7H,6H2,(H,14,19)(H,15,18). The Kier molecular flexibility index (Phi) is 3.34. The predicted octanol–water partition coefficient (Wildman–Crippen LogP) is 0.948. The number of carbonyl (C=O) groups excluding carboxylic acids is 1. The van der Waals surface area contributed by atoms with E-state index >= 15 is 0 Å². The van der Waals surface area contributed by atoms with Gasteiger partial charge in [-0.2, -0.15) is 4.98 Å². The first-order valence-electron chi connectivity index (χ1n) is 6.05. The fourth-order valence-electron chi connectivity index (χ4n) is 1.69. The van der Waals surface area contributed by atoms with E-state index in [9.17, 15) is 9.59 Å². The summed E-state index contributed by atoms with van der Waals surface area (Å²) >= 11 is 0. The Balaban J connectivity index is 1.70. The van der Waals surface area contributed by atoms with Crippen molar-refractivity contribution in [2.24, 2.45) is 0 Å². The molecule has 3 rings (SSSR count). The monoisotopic (exact) mass is 286 g/mol. The minimum atomic E-state index is -0.318. The minimum Gasteiger partial charge on any atom is -0.472 e. The van der Waals surface area contributed by atoms with E-state index in [4.69, 9.17) is 8.94 Å². The van der Waals surface area contributed by atoms with Gasteiger partial charge in [0.1, 0.15) is 6.26 Å². The molecule has 0 aliphatic carbocycles. The van der Waals surface area contributed by atoms with E-state index in [1.807, 2.05) is 0 Å². The van der Waals surface area contributed by atoms with Gasteiger partial charge >= 0.3 is 0 Å². The number of rotatable bonds is 4. The number of H-pyrrole nitrogens is 1. The molecule has 0 fully saturated rings. The van der Waals surface area contributed by atoms with E-state index in [-0.39, 0.29) is 29.7 Å². The molecule has 8 nitrogen and oxygen atoms in total. The van der Waals surface area contributed by atoms with Crippen LogP contribution in [0.5, 0.6) is 0 Å². The van der Waals surface area contributed by atoms with Gasteiger partial charge in [0, 0.05) is 6.20 Å². The Morgan fingerprint density at radius 2 is 2.29 bits per heavy atom. The van der Waals surface area contributed by atoms with Gasteiger partial charge in [0.25, 0.3) is 11.5 Å². The van der Waals surface area contributed by atoms with Gasteiger partial charge < -0.3 is 19.2 Å². The smallest absolute Gasteiger partial charge is 0.259 e. The normalized spacial score (nSPS) is 10.5. The second-order valence-corrected chi connectivity index (χ2v) is 4.12. The maximum Gasteiger partial charge on any atom is 0.259 e. The lowest BCUT2D eigenvalue weighted by Gasteiger charge is -1.97. The Morgan fingerprint density at radius 1 is 1.38 bits per heavy atom. The molecule has 0 aliphatic heterocycles. The lowest BCUT2D eigenvalue weighted by Crippen LogP contribution is -2.22. The highest BCUT2D eigenvalue weighted by Gasteiger charge is 2.13. The highest BCUT2D eigenvalue weighted by Crippen LogP contribution is 2.10. The maximum atomic E-state index is 11.7. The summed E-state index contributed by atoms with van der Waals surface area (Å²) in [5.74, 6) is 0.0515. The summed E-state index contributed by atoms with van der Waals surface area (Å²) in [6.45, 7) is 0.0573. The average Bonchev–Trinajstić information content (AvgIpc) is 3.17. The molecule has 106 valence electrons. The van der Waals surface area contributed by atoms with Crippen LogP contribution in [-0.2, 0) is 6.54 Å². The molecule has 3 aromatic rings. The van der Waals surface area contributed by atoms with Crippen molar-refractivity contribution in [3.63, 3.8) is 0 Å². The topological polar surface area (TPSA) is 114 Å². The summed E-state index contributed by atoms with van der Waals surface area (Å²) < 4.78 is 9.80. The minimum absolute atomic E-state index is 0.0573. The van der Waals surface area contributed by atoms with Crippen LogP contribution in [0.15, 0.2) is 50.7 Å². The van der Waals surface area contributed by atoms with E-state index in [1.165, 1.54) is 24.8 Å². The fourth-order valence-corrected chi connectivity index (χ4v) is 1.69. The van der Waals surface area contributed by atoms with Crippen molar-refractivity contribution in [2.45, 2.75) is 6.54 Å². The molecular formula is C13H10N4O4. The third kappa shape index (κ3) is 2.73. The molecule has 0 aromatic carbocycles. The highest BCUT2D eigenvalue weighted by molar-refractivity contribution is 5.93. The molecule has 3 aromatic heterocycles. The molecule has 0 radical (unpaired) electrons. The van der Waals surface area contributed by atoms with E-state index in [2.05, 4.69) is 20.4 Å². The van der Waals surface area contributed by atoms with Crippen molar-refractivity contribution >= 4 is 5.91 Å². The molecule has 0 aliphatic rings. The number of aromatic amines is 1. The molecule has 1 amide bonds. The number of furan rings is 1. The zero-order valence-corrected chi connectivity index (χ0v) is 10.7. The van der Waals surface area contributed by atoms with Gasteiger partial charge in [-0.1, -0.05) is 5.16 Å². The molecule has 8 heteroatoms. The molecule has 0 spiro atoms. The van der Waals surface area contributed by atoms with Crippen LogP contribution in [0.4, 0.5) is 0 Å². The predicted molar refractivity (Wildman–Crippen MR) is 70.2 cm³/mol. The van der Waals surface area contributed by atoms with Crippen molar-refractivity contribution in [3.8, 4) is 11.4 Å². The quantitative estimate of drug-likeness (QED) is 0.738. The van der Waals surface area contributed by atoms with Crippen molar-refractivity contribution in [1.82, 2.24) is 20.4 Å². The van der Waals surface area contributed by atoms with Gasteiger partial charge in [0.05, 0.1) is 23.9 Å². The molecule has 3 heterocycles. The van der Waals surface area contributed by atoms with Gasteiger partial charge in [-0.05, 0) is 18.2 Å². The molecule has 2 N–H and O–H groups in total. The second-order valence-electron chi connectivity index (χ2n) is 4.12. The van der Waals surface area contributed by atoms with Crippen LogP contribution in [0.3, 0.4) is 0 Å². The molecule has 0 saturated heterocycles. The van der Waals surface area contributed by atoms with Gasteiger partial charge in [-0.25, -0.2) is 0 Å². The fraction of sp³-hybridized carbons (Fsp3) is 0.0769. The number of nitrogens with one attached hydrogen (secondary N) is 2. The summed E-state index contributed by atoms with van der Waals surface area (Å²) in [6, 6.07) is 4.78. The zero-order chi connectivity index (χ0) is 14.7. The summed E-state index contributed by atoms with van der Waals surface area (Å²) in [4.78, 5) is 29.9. The van der Waals surface area contributed by atoms with Crippen molar-refractivity contribution in [3.05, 3.63) is 58.7 Å². The van der Waals surface area contributed by atoms with Gasteiger partial charge in [-0.15, -0.1) is 0 Å². The Morgan fingerprint density at radius 3 is 3.05 bits per heavy atom.